The molecular formula is C22H38N4O2. The molecule has 2 N–H and O–H groups in total. The van der Waals surface area contributed by atoms with Crippen LogP contribution < -0.4 is 5.32 Å². The molecule has 1 saturated carbocycles. The maximum absolute atomic E-state index is 12.9. The summed E-state index contributed by atoms with van der Waals surface area (Å²) in [6.45, 7) is 8.31. The van der Waals surface area contributed by atoms with Crippen molar-refractivity contribution < 1.29 is 9.59 Å². The van der Waals surface area contributed by atoms with Crippen LogP contribution in [0.4, 0.5) is 0 Å². The second kappa shape index (κ2) is 8.83. The van der Waals surface area contributed by atoms with Crippen LogP contribution in [0, 0.1) is 23.2 Å². The molecular weight excluding hydrogens is 352 g/mol. The Hall–Kier alpha value is -1.59. The zero-order chi connectivity index (χ0) is 20.3. The van der Waals surface area contributed by atoms with Gasteiger partial charge in [0.1, 0.15) is 5.54 Å². The number of hydrogen-bond acceptors (Lipinski definition) is 3. The van der Waals surface area contributed by atoms with Crippen molar-refractivity contribution in [3.63, 3.8) is 0 Å². The Balaban J connectivity index is 1.47. The Morgan fingerprint density at radius 2 is 1.79 bits per heavy atom. The first-order chi connectivity index (χ1) is 13.3. The van der Waals surface area contributed by atoms with E-state index in [0.29, 0.717) is 30.2 Å². The second-order valence-corrected chi connectivity index (χ2v) is 9.85. The Morgan fingerprint density at radius 1 is 1.14 bits per heavy atom. The SMILES string of the molecule is CC(C)CC1(C)NC(=N)N(CC2CCN(C(=O)CC3CCCCC3)CC2)C1=O. The topological polar surface area (TPSA) is 76.5 Å². The molecule has 2 amide bonds. The van der Waals surface area contributed by atoms with Gasteiger partial charge in [0.15, 0.2) is 5.96 Å². The van der Waals surface area contributed by atoms with Crippen molar-refractivity contribution in [2.24, 2.45) is 17.8 Å². The predicted molar refractivity (Wildman–Crippen MR) is 111 cm³/mol. The largest absolute Gasteiger partial charge is 0.343 e. The lowest BCUT2D eigenvalue weighted by atomic mass is 9.86. The zero-order valence-corrected chi connectivity index (χ0v) is 17.9. The average molecular weight is 391 g/mol. The van der Waals surface area contributed by atoms with Crippen molar-refractivity contribution in [3.05, 3.63) is 0 Å². The minimum atomic E-state index is -0.651. The van der Waals surface area contributed by atoms with E-state index >= 15 is 0 Å². The van der Waals surface area contributed by atoms with Gasteiger partial charge in [-0.25, -0.2) is 0 Å². The number of amides is 2. The van der Waals surface area contributed by atoms with Crippen LogP contribution in [0.1, 0.15) is 78.6 Å². The molecule has 0 aromatic rings. The number of guanidine groups is 1. The van der Waals surface area contributed by atoms with Crippen molar-refractivity contribution in [1.82, 2.24) is 15.1 Å². The monoisotopic (exact) mass is 390 g/mol. The molecule has 3 fully saturated rings. The molecule has 2 saturated heterocycles. The summed E-state index contributed by atoms with van der Waals surface area (Å²) < 4.78 is 0. The standard InChI is InChI=1S/C22H38N4O2/c1-16(2)14-22(3)20(28)26(21(23)24-22)15-18-9-11-25(12-10-18)19(27)13-17-7-5-4-6-8-17/h16-18H,4-15H2,1-3H3,(H2,23,24). The van der Waals surface area contributed by atoms with E-state index in [-0.39, 0.29) is 11.9 Å². The van der Waals surface area contributed by atoms with E-state index in [4.69, 9.17) is 5.41 Å². The molecule has 0 radical (unpaired) electrons. The van der Waals surface area contributed by atoms with Gasteiger partial charge in [-0.15, -0.1) is 0 Å². The van der Waals surface area contributed by atoms with Crippen LogP contribution in [0.2, 0.25) is 0 Å². The molecule has 2 aliphatic heterocycles. The van der Waals surface area contributed by atoms with Gasteiger partial charge in [0.05, 0.1) is 0 Å². The van der Waals surface area contributed by atoms with Gasteiger partial charge in [0.2, 0.25) is 5.91 Å². The predicted octanol–water partition coefficient (Wildman–Crippen LogP) is 3.37. The van der Waals surface area contributed by atoms with Gasteiger partial charge < -0.3 is 10.2 Å². The number of carbonyl (C=O) groups excluding carboxylic acids is 2. The summed E-state index contributed by atoms with van der Waals surface area (Å²) in [5.41, 5.74) is -0.651. The molecule has 1 unspecified atom stereocenters. The molecule has 158 valence electrons. The van der Waals surface area contributed by atoms with Crippen LogP contribution in [0.25, 0.3) is 0 Å². The summed E-state index contributed by atoms with van der Waals surface area (Å²) >= 11 is 0. The van der Waals surface area contributed by atoms with Crippen molar-refractivity contribution in [2.75, 3.05) is 19.6 Å². The highest BCUT2D eigenvalue weighted by atomic mass is 16.2. The van der Waals surface area contributed by atoms with Crippen LogP contribution in [0.5, 0.6) is 0 Å². The van der Waals surface area contributed by atoms with E-state index in [2.05, 4.69) is 19.2 Å². The molecule has 6 heteroatoms. The first-order valence-electron chi connectivity index (χ1n) is 11.2. The lowest BCUT2D eigenvalue weighted by Crippen LogP contribution is -2.46. The lowest BCUT2D eigenvalue weighted by Gasteiger charge is -2.35. The van der Waals surface area contributed by atoms with Crippen molar-refractivity contribution in [3.8, 4) is 0 Å². The molecule has 3 rings (SSSR count). The van der Waals surface area contributed by atoms with Gasteiger partial charge in [0, 0.05) is 26.1 Å². The van der Waals surface area contributed by atoms with Crippen molar-refractivity contribution in [2.45, 2.75) is 84.1 Å². The molecule has 1 atom stereocenters. The first-order valence-corrected chi connectivity index (χ1v) is 11.2. The lowest BCUT2D eigenvalue weighted by molar-refractivity contribution is -0.135. The number of nitrogens with one attached hydrogen (secondary N) is 2. The number of nitrogens with zero attached hydrogens (tertiary/aromatic N) is 2. The van der Waals surface area contributed by atoms with Crippen LogP contribution in [0.3, 0.4) is 0 Å². The van der Waals surface area contributed by atoms with Crippen LogP contribution in [0.15, 0.2) is 0 Å². The number of rotatable bonds is 6. The quantitative estimate of drug-likeness (QED) is 0.730. The number of piperidine rings is 1. The number of hydrogen-bond donors (Lipinski definition) is 2. The third-order valence-corrected chi connectivity index (χ3v) is 6.79. The molecule has 0 aromatic carbocycles. The van der Waals surface area contributed by atoms with E-state index in [1.165, 1.54) is 32.1 Å². The van der Waals surface area contributed by atoms with Gasteiger partial charge in [-0.3, -0.25) is 19.9 Å². The molecule has 3 aliphatic rings. The molecule has 1 aliphatic carbocycles. The zero-order valence-electron chi connectivity index (χ0n) is 17.9. The van der Waals surface area contributed by atoms with E-state index < -0.39 is 5.54 Å². The fourth-order valence-corrected chi connectivity index (χ4v) is 5.30. The summed E-state index contributed by atoms with van der Waals surface area (Å²) in [5.74, 6) is 1.94. The molecule has 0 bridgehead atoms. The summed E-state index contributed by atoms with van der Waals surface area (Å²) in [5, 5.41) is 11.4. The van der Waals surface area contributed by atoms with Crippen LogP contribution >= 0.6 is 0 Å². The Kier molecular flexibility index (Phi) is 6.66. The minimum Gasteiger partial charge on any atom is -0.343 e. The highest BCUT2D eigenvalue weighted by molar-refractivity contribution is 6.07. The Morgan fingerprint density at radius 3 is 2.39 bits per heavy atom. The Bertz CT molecular complexity index is 591. The number of carbonyl (C=O) groups is 2. The van der Waals surface area contributed by atoms with Gasteiger partial charge in [-0.05, 0) is 56.8 Å². The molecule has 28 heavy (non-hydrogen) atoms. The highest BCUT2D eigenvalue weighted by Crippen LogP contribution is 2.29. The average Bonchev–Trinajstić information content (AvgIpc) is 2.85. The van der Waals surface area contributed by atoms with E-state index in [1.54, 1.807) is 4.90 Å². The van der Waals surface area contributed by atoms with E-state index in [1.807, 2.05) is 11.8 Å². The minimum absolute atomic E-state index is 0.0296. The molecule has 6 nitrogen and oxygen atoms in total. The van der Waals surface area contributed by atoms with Gasteiger partial charge in [0.25, 0.3) is 5.91 Å². The molecule has 0 aromatic heterocycles. The summed E-state index contributed by atoms with van der Waals surface area (Å²) in [7, 11) is 0. The molecule has 2 heterocycles. The first kappa shape index (κ1) is 21.1. The van der Waals surface area contributed by atoms with Gasteiger partial charge in [-0.1, -0.05) is 33.1 Å². The normalized spacial score (nSPS) is 27.6. The fourth-order valence-electron chi connectivity index (χ4n) is 5.30. The van der Waals surface area contributed by atoms with E-state index in [9.17, 15) is 9.59 Å². The number of likely N-dealkylation sites (tertiary alicyclic amines) is 1. The highest BCUT2D eigenvalue weighted by Gasteiger charge is 2.46. The van der Waals surface area contributed by atoms with Crippen LogP contribution in [-0.2, 0) is 9.59 Å². The second-order valence-electron chi connectivity index (χ2n) is 9.85. The molecule has 0 spiro atoms. The van der Waals surface area contributed by atoms with Gasteiger partial charge >= 0.3 is 0 Å². The smallest absolute Gasteiger partial charge is 0.254 e. The van der Waals surface area contributed by atoms with Gasteiger partial charge in [-0.2, -0.15) is 0 Å². The third kappa shape index (κ3) is 4.87. The van der Waals surface area contributed by atoms with Crippen LogP contribution in [-0.4, -0.2) is 52.7 Å². The van der Waals surface area contributed by atoms with Crippen molar-refractivity contribution in [1.29, 1.82) is 5.41 Å². The van der Waals surface area contributed by atoms with E-state index in [0.717, 1.165) is 38.8 Å². The fraction of sp³-hybridized carbons (Fsp3) is 0.864. The maximum Gasteiger partial charge on any atom is 0.254 e. The maximum atomic E-state index is 12.9. The summed E-state index contributed by atoms with van der Waals surface area (Å²) in [6, 6.07) is 0. The summed E-state index contributed by atoms with van der Waals surface area (Å²) in [4.78, 5) is 29.2. The van der Waals surface area contributed by atoms with Crippen molar-refractivity contribution >= 4 is 17.8 Å². The summed E-state index contributed by atoms with van der Waals surface area (Å²) in [6.07, 6.45) is 9.61. The Labute approximate surface area is 169 Å². The third-order valence-electron chi connectivity index (χ3n) is 6.79.